The second kappa shape index (κ2) is 5.60. The molecule has 1 atom stereocenters. The van der Waals surface area contributed by atoms with Crippen LogP contribution in [0.5, 0.6) is 0 Å². The highest BCUT2D eigenvalue weighted by Crippen LogP contribution is 2.31. The van der Waals surface area contributed by atoms with Crippen LogP contribution in [0.2, 0.25) is 0 Å². The van der Waals surface area contributed by atoms with Crippen molar-refractivity contribution >= 4 is 11.4 Å². The molecule has 0 saturated carbocycles. The van der Waals surface area contributed by atoms with E-state index in [2.05, 4.69) is 10.3 Å². The highest BCUT2D eigenvalue weighted by atomic mass is 19.1. The third kappa shape index (κ3) is 2.87. The fourth-order valence-corrected chi connectivity index (χ4v) is 1.78. The number of halogens is 2. The zero-order valence-electron chi connectivity index (χ0n) is 10.5. The van der Waals surface area contributed by atoms with Crippen molar-refractivity contribution in [3.63, 3.8) is 0 Å². The maximum absolute atomic E-state index is 13.7. The van der Waals surface area contributed by atoms with Crippen LogP contribution in [0.25, 0.3) is 0 Å². The van der Waals surface area contributed by atoms with Gasteiger partial charge in [-0.3, -0.25) is 15.1 Å². The smallest absolute Gasteiger partial charge is 0.298 e. The summed E-state index contributed by atoms with van der Waals surface area (Å²) in [5, 5.41) is 13.5. The number of nitro benzene ring substituents is 1. The highest BCUT2D eigenvalue weighted by Gasteiger charge is 2.22. The van der Waals surface area contributed by atoms with Gasteiger partial charge in [-0.05, 0) is 18.6 Å². The van der Waals surface area contributed by atoms with E-state index in [1.165, 1.54) is 0 Å². The number of hydrogen-bond acceptors (Lipinski definition) is 4. The Bertz CT molecular complexity index is 635. The van der Waals surface area contributed by atoms with E-state index in [4.69, 9.17) is 0 Å². The van der Waals surface area contributed by atoms with Crippen molar-refractivity contribution in [3.8, 4) is 0 Å². The Balaban J connectivity index is 2.36. The summed E-state index contributed by atoms with van der Waals surface area (Å²) in [6.45, 7) is 1.70. The van der Waals surface area contributed by atoms with Gasteiger partial charge >= 0.3 is 0 Å². The maximum atomic E-state index is 13.7. The number of rotatable bonds is 4. The number of anilines is 1. The maximum Gasteiger partial charge on any atom is 0.298 e. The molecule has 0 aliphatic rings. The predicted octanol–water partition coefficient (Wildman–Crippen LogP) is 3.44. The van der Waals surface area contributed by atoms with Gasteiger partial charge < -0.3 is 5.32 Å². The Morgan fingerprint density at radius 1 is 1.40 bits per heavy atom. The zero-order valence-corrected chi connectivity index (χ0v) is 10.5. The molecule has 2 aromatic rings. The summed E-state index contributed by atoms with van der Waals surface area (Å²) in [4.78, 5) is 13.9. The lowest BCUT2D eigenvalue weighted by atomic mass is 10.1. The third-order valence-electron chi connectivity index (χ3n) is 2.78. The van der Waals surface area contributed by atoms with Crippen LogP contribution in [-0.2, 0) is 0 Å². The molecule has 7 heteroatoms. The van der Waals surface area contributed by atoms with E-state index in [1.54, 1.807) is 31.5 Å². The third-order valence-corrected chi connectivity index (χ3v) is 2.78. The number of pyridine rings is 1. The fourth-order valence-electron chi connectivity index (χ4n) is 1.78. The van der Waals surface area contributed by atoms with Crippen molar-refractivity contribution in [2.75, 3.05) is 5.32 Å². The Kier molecular flexibility index (Phi) is 3.88. The molecular formula is C13H11F2N3O2. The van der Waals surface area contributed by atoms with Gasteiger partial charge in [0.05, 0.1) is 17.0 Å². The van der Waals surface area contributed by atoms with Gasteiger partial charge in [0.1, 0.15) is 11.5 Å². The van der Waals surface area contributed by atoms with Crippen LogP contribution < -0.4 is 5.32 Å². The molecule has 0 bridgehead atoms. The second-order valence-corrected chi connectivity index (χ2v) is 4.19. The number of hydrogen-bond donors (Lipinski definition) is 1. The predicted molar refractivity (Wildman–Crippen MR) is 69.3 cm³/mol. The SMILES string of the molecule is CC(Nc1c(F)cc(F)cc1[N+](=O)[O-])c1cccnc1. The van der Waals surface area contributed by atoms with Gasteiger partial charge in [-0.2, -0.15) is 0 Å². The van der Waals surface area contributed by atoms with E-state index in [9.17, 15) is 18.9 Å². The van der Waals surface area contributed by atoms with Crippen LogP contribution in [0.1, 0.15) is 18.5 Å². The van der Waals surface area contributed by atoms with Crippen molar-refractivity contribution < 1.29 is 13.7 Å². The first-order valence-corrected chi connectivity index (χ1v) is 5.79. The van der Waals surface area contributed by atoms with Crippen molar-refractivity contribution in [1.82, 2.24) is 4.98 Å². The van der Waals surface area contributed by atoms with Gasteiger partial charge in [0, 0.05) is 18.5 Å². The van der Waals surface area contributed by atoms with Crippen molar-refractivity contribution in [2.24, 2.45) is 0 Å². The summed E-state index contributed by atoms with van der Waals surface area (Å²) in [7, 11) is 0. The Morgan fingerprint density at radius 3 is 2.75 bits per heavy atom. The Hall–Kier alpha value is -2.57. The first kappa shape index (κ1) is 13.9. The van der Waals surface area contributed by atoms with Crippen molar-refractivity contribution in [1.29, 1.82) is 0 Å². The summed E-state index contributed by atoms with van der Waals surface area (Å²) in [6, 6.07) is 4.32. The fraction of sp³-hybridized carbons (Fsp3) is 0.154. The average molecular weight is 279 g/mol. The minimum absolute atomic E-state index is 0.340. The molecule has 1 unspecified atom stereocenters. The minimum atomic E-state index is -1.01. The van der Waals surface area contributed by atoms with Crippen LogP contribution in [0, 0.1) is 21.7 Å². The van der Waals surface area contributed by atoms with Gasteiger partial charge in [-0.1, -0.05) is 6.07 Å². The topological polar surface area (TPSA) is 68.1 Å². The van der Waals surface area contributed by atoms with Crippen LogP contribution in [0.15, 0.2) is 36.7 Å². The van der Waals surface area contributed by atoms with E-state index in [1.807, 2.05) is 0 Å². The second-order valence-electron chi connectivity index (χ2n) is 4.19. The molecule has 1 heterocycles. The van der Waals surface area contributed by atoms with Gasteiger partial charge in [0.2, 0.25) is 0 Å². The monoisotopic (exact) mass is 279 g/mol. The summed E-state index contributed by atoms with van der Waals surface area (Å²) in [5.74, 6) is -2.00. The molecule has 0 saturated heterocycles. The molecule has 104 valence electrons. The molecule has 1 aromatic heterocycles. The average Bonchev–Trinajstić information content (AvgIpc) is 2.42. The van der Waals surface area contributed by atoms with Crippen LogP contribution in [0.3, 0.4) is 0 Å². The molecule has 0 radical (unpaired) electrons. The van der Waals surface area contributed by atoms with Crippen molar-refractivity contribution in [2.45, 2.75) is 13.0 Å². The quantitative estimate of drug-likeness (QED) is 0.687. The molecule has 1 aromatic carbocycles. The number of nitro groups is 1. The minimum Gasteiger partial charge on any atom is -0.370 e. The molecular weight excluding hydrogens is 268 g/mol. The molecule has 0 amide bonds. The van der Waals surface area contributed by atoms with E-state index in [0.29, 0.717) is 12.1 Å². The molecule has 5 nitrogen and oxygen atoms in total. The number of nitrogens with one attached hydrogen (secondary N) is 1. The number of nitrogens with zero attached hydrogens (tertiary/aromatic N) is 2. The van der Waals surface area contributed by atoms with E-state index in [-0.39, 0.29) is 5.69 Å². The van der Waals surface area contributed by atoms with Crippen LogP contribution in [-0.4, -0.2) is 9.91 Å². The lowest BCUT2D eigenvalue weighted by Gasteiger charge is -2.15. The number of aromatic nitrogens is 1. The van der Waals surface area contributed by atoms with E-state index >= 15 is 0 Å². The summed E-state index contributed by atoms with van der Waals surface area (Å²) in [5.41, 5.74) is -0.253. The zero-order chi connectivity index (χ0) is 14.7. The first-order valence-electron chi connectivity index (χ1n) is 5.79. The molecule has 0 aliphatic carbocycles. The Morgan fingerprint density at radius 2 is 2.15 bits per heavy atom. The lowest BCUT2D eigenvalue weighted by Crippen LogP contribution is -2.10. The van der Waals surface area contributed by atoms with Gasteiger partial charge in [-0.25, -0.2) is 8.78 Å². The first-order chi connectivity index (χ1) is 9.49. The standard InChI is InChI=1S/C13H11F2N3O2/c1-8(9-3-2-4-16-7-9)17-13-11(15)5-10(14)6-12(13)18(19)20/h2-8,17H,1H3. The summed E-state index contributed by atoms with van der Waals surface area (Å²) >= 11 is 0. The molecule has 2 rings (SSSR count). The molecule has 20 heavy (non-hydrogen) atoms. The summed E-state index contributed by atoms with van der Waals surface area (Å²) in [6.07, 6.45) is 3.14. The summed E-state index contributed by atoms with van der Waals surface area (Å²) < 4.78 is 26.8. The van der Waals surface area contributed by atoms with E-state index < -0.39 is 28.3 Å². The molecule has 0 spiro atoms. The lowest BCUT2D eigenvalue weighted by molar-refractivity contribution is -0.384. The number of benzene rings is 1. The Labute approximate surface area is 113 Å². The van der Waals surface area contributed by atoms with Crippen LogP contribution >= 0.6 is 0 Å². The van der Waals surface area contributed by atoms with Crippen LogP contribution in [0.4, 0.5) is 20.2 Å². The van der Waals surface area contributed by atoms with E-state index in [0.717, 1.165) is 5.56 Å². The van der Waals surface area contributed by atoms with Gasteiger partial charge in [0.15, 0.2) is 5.82 Å². The van der Waals surface area contributed by atoms with Gasteiger partial charge in [0.25, 0.3) is 5.69 Å². The van der Waals surface area contributed by atoms with Crippen molar-refractivity contribution in [3.05, 3.63) is 64.0 Å². The largest absolute Gasteiger partial charge is 0.370 e. The normalized spacial score (nSPS) is 11.9. The highest BCUT2D eigenvalue weighted by molar-refractivity contribution is 5.63. The molecule has 0 fully saturated rings. The molecule has 0 aliphatic heterocycles. The van der Waals surface area contributed by atoms with Gasteiger partial charge in [-0.15, -0.1) is 0 Å². The molecule has 1 N–H and O–H groups in total.